The largest absolute Gasteiger partial charge is 0.497 e. The van der Waals surface area contributed by atoms with E-state index in [9.17, 15) is 0 Å². The second-order valence-corrected chi connectivity index (χ2v) is 6.24. The lowest BCUT2D eigenvalue weighted by Crippen LogP contribution is -2.14. The first-order chi connectivity index (χ1) is 11.2. The van der Waals surface area contributed by atoms with E-state index in [2.05, 4.69) is 16.9 Å². The second kappa shape index (κ2) is 7.02. The van der Waals surface area contributed by atoms with Crippen molar-refractivity contribution in [1.29, 1.82) is 0 Å². The van der Waals surface area contributed by atoms with Crippen LogP contribution in [0.3, 0.4) is 0 Å². The molecule has 0 saturated carbocycles. The summed E-state index contributed by atoms with van der Waals surface area (Å²) < 4.78 is 7.39. The van der Waals surface area contributed by atoms with Crippen LogP contribution in [0, 0.1) is 0 Å². The summed E-state index contributed by atoms with van der Waals surface area (Å²) in [5, 5.41) is 2.88. The monoisotopic (exact) mass is 344 g/mol. The Balaban J connectivity index is 2.03. The summed E-state index contributed by atoms with van der Waals surface area (Å²) in [6.45, 7) is 2.98. The maximum Gasteiger partial charge on any atom is 0.190 e. The van der Waals surface area contributed by atoms with Crippen molar-refractivity contribution in [3.05, 3.63) is 63.7 Å². The summed E-state index contributed by atoms with van der Waals surface area (Å²) >= 11 is 7.61. The minimum atomic E-state index is 0.746. The van der Waals surface area contributed by atoms with Crippen molar-refractivity contribution in [3.63, 3.8) is 0 Å². The van der Waals surface area contributed by atoms with E-state index in [1.54, 1.807) is 18.4 Å². The Morgan fingerprint density at radius 2 is 1.78 bits per heavy atom. The Morgan fingerprint density at radius 1 is 1.09 bits per heavy atom. The highest BCUT2D eigenvalue weighted by Gasteiger charge is 2.06. The van der Waals surface area contributed by atoms with Crippen LogP contribution in [-0.2, 0) is 6.54 Å². The highest BCUT2D eigenvalue weighted by molar-refractivity contribution is 7.07. The molecule has 0 fully saturated rings. The van der Waals surface area contributed by atoms with Crippen LogP contribution >= 0.6 is 22.9 Å². The maximum absolute atomic E-state index is 5.98. The normalized spacial score (nSPS) is 11.7. The van der Waals surface area contributed by atoms with E-state index in [0.717, 1.165) is 39.1 Å². The second-order valence-electron chi connectivity index (χ2n) is 4.96. The van der Waals surface area contributed by atoms with Gasteiger partial charge in [0.15, 0.2) is 4.80 Å². The van der Waals surface area contributed by atoms with E-state index in [1.807, 2.05) is 48.5 Å². The van der Waals surface area contributed by atoms with Gasteiger partial charge in [0.25, 0.3) is 0 Å². The zero-order valence-electron chi connectivity index (χ0n) is 13.0. The summed E-state index contributed by atoms with van der Waals surface area (Å²) in [5.41, 5.74) is 3.21. The number of halogens is 1. The van der Waals surface area contributed by atoms with Crippen LogP contribution in [-0.4, -0.2) is 11.7 Å². The van der Waals surface area contributed by atoms with Gasteiger partial charge in [-0.25, -0.2) is 4.99 Å². The van der Waals surface area contributed by atoms with Crippen molar-refractivity contribution in [2.45, 2.75) is 13.5 Å². The van der Waals surface area contributed by atoms with Crippen LogP contribution in [0.1, 0.15) is 6.92 Å². The van der Waals surface area contributed by atoms with E-state index < -0.39 is 0 Å². The molecule has 0 radical (unpaired) electrons. The minimum Gasteiger partial charge on any atom is -0.497 e. The van der Waals surface area contributed by atoms with Gasteiger partial charge in [0.1, 0.15) is 5.75 Å². The molecule has 1 heterocycles. The molecule has 3 rings (SSSR count). The van der Waals surface area contributed by atoms with Gasteiger partial charge in [0.05, 0.1) is 18.5 Å². The molecule has 1 aromatic heterocycles. The molecule has 23 heavy (non-hydrogen) atoms. The van der Waals surface area contributed by atoms with E-state index >= 15 is 0 Å². The van der Waals surface area contributed by atoms with Gasteiger partial charge in [-0.05, 0) is 48.9 Å². The van der Waals surface area contributed by atoms with Gasteiger partial charge in [-0.2, -0.15) is 0 Å². The lowest BCUT2D eigenvalue weighted by molar-refractivity contribution is 0.415. The van der Waals surface area contributed by atoms with Crippen molar-refractivity contribution < 1.29 is 4.74 Å². The molecule has 5 heteroatoms. The van der Waals surface area contributed by atoms with Crippen LogP contribution in [0.25, 0.3) is 11.3 Å². The van der Waals surface area contributed by atoms with Gasteiger partial charge in [-0.1, -0.05) is 23.7 Å². The van der Waals surface area contributed by atoms with E-state index in [-0.39, 0.29) is 0 Å². The fourth-order valence-electron chi connectivity index (χ4n) is 2.34. The third-order valence-electron chi connectivity index (χ3n) is 3.55. The first kappa shape index (κ1) is 15.8. The van der Waals surface area contributed by atoms with Crippen molar-refractivity contribution in [3.8, 4) is 17.0 Å². The number of hydrogen-bond acceptors (Lipinski definition) is 3. The third kappa shape index (κ3) is 3.49. The molecule has 0 atom stereocenters. The van der Waals surface area contributed by atoms with Crippen LogP contribution in [0.2, 0.25) is 5.02 Å². The summed E-state index contributed by atoms with van der Waals surface area (Å²) in [4.78, 5) is 5.73. The summed E-state index contributed by atoms with van der Waals surface area (Å²) in [6, 6.07) is 15.7. The molecule has 2 aromatic carbocycles. The molecule has 0 bridgehead atoms. The zero-order chi connectivity index (χ0) is 16.2. The summed E-state index contributed by atoms with van der Waals surface area (Å²) in [7, 11) is 1.66. The van der Waals surface area contributed by atoms with E-state index in [4.69, 9.17) is 21.3 Å². The molecule has 0 unspecified atom stereocenters. The molecule has 3 aromatic rings. The third-order valence-corrected chi connectivity index (χ3v) is 4.67. The molecular weight excluding hydrogens is 328 g/mol. The Kier molecular flexibility index (Phi) is 4.84. The summed E-state index contributed by atoms with van der Waals surface area (Å²) in [6.07, 6.45) is 0. The van der Waals surface area contributed by atoms with E-state index in [0.29, 0.717) is 0 Å². The maximum atomic E-state index is 5.98. The number of thiazole rings is 1. The quantitative estimate of drug-likeness (QED) is 0.644. The smallest absolute Gasteiger partial charge is 0.190 e. The number of hydrogen-bond donors (Lipinski definition) is 0. The molecule has 0 saturated heterocycles. The first-order valence-electron chi connectivity index (χ1n) is 7.34. The molecule has 0 amide bonds. The van der Waals surface area contributed by atoms with Crippen LogP contribution in [0.4, 0.5) is 5.69 Å². The van der Waals surface area contributed by atoms with Crippen LogP contribution < -0.4 is 9.54 Å². The molecule has 0 N–H and O–H groups in total. The fourth-order valence-corrected chi connectivity index (χ4v) is 3.46. The lowest BCUT2D eigenvalue weighted by Gasteiger charge is -2.06. The minimum absolute atomic E-state index is 0.746. The number of aromatic nitrogens is 1. The molecule has 0 spiro atoms. The molecule has 118 valence electrons. The average molecular weight is 345 g/mol. The van der Waals surface area contributed by atoms with Gasteiger partial charge in [-0.15, -0.1) is 11.3 Å². The van der Waals surface area contributed by atoms with Crippen molar-refractivity contribution >= 4 is 28.6 Å². The SMILES string of the molecule is CCn1c(-c2ccc(Cl)cc2)csc1=Nc1ccc(OC)cc1. The number of rotatable bonds is 4. The lowest BCUT2D eigenvalue weighted by atomic mass is 10.2. The molecule has 3 nitrogen and oxygen atoms in total. The number of benzene rings is 2. The standard InChI is InChI=1S/C18H17ClN2OS/c1-3-21-17(13-4-6-14(19)7-5-13)12-23-18(21)20-15-8-10-16(22-2)11-9-15/h4-12H,3H2,1-2H3. The summed E-state index contributed by atoms with van der Waals surface area (Å²) in [5.74, 6) is 0.834. The van der Waals surface area contributed by atoms with E-state index in [1.165, 1.54) is 0 Å². The van der Waals surface area contributed by atoms with Gasteiger partial charge < -0.3 is 9.30 Å². The zero-order valence-corrected chi connectivity index (χ0v) is 14.6. The van der Waals surface area contributed by atoms with Crippen molar-refractivity contribution in [1.82, 2.24) is 4.57 Å². The first-order valence-corrected chi connectivity index (χ1v) is 8.60. The molecule has 0 aliphatic rings. The molecule has 0 aliphatic carbocycles. The van der Waals surface area contributed by atoms with Crippen molar-refractivity contribution in [2.24, 2.45) is 4.99 Å². The Morgan fingerprint density at radius 3 is 2.39 bits per heavy atom. The average Bonchev–Trinajstić information content (AvgIpc) is 2.99. The highest BCUT2D eigenvalue weighted by Crippen LogP contribution is 2.23. The topological polar surface area (TPSA) is 26.5 Å². The van der Waals surface area contributed by atoms with Crippen LogP contribution in [0.15, 0.2) is 58.9 Å². The fraction of sp³-hybridized carbons (Fsp3) is 0.167. The Labute approximate surface area is 144 Å². The Hall–Kier alpha value is -2.04. The number of nitrogens with zero attached hydrogens (tertiary/aromatic N) is 2. The number of methoxy groups -OCH3 is 1. The van der Waals surface area contributed by atoms with Gasteiger partial charge in [0.2, 0.25) is 0 Å². The molecule has 0 aliphatic heterocycles. The predicted molar refractivity (Wildman–Crippen MR) is 96.6 cm³/mol. The van der Waals surface area contributed by atoms with Gasteiger partial charge >= 0.3 is 0 Å². The van der Waals surface area contributed by atoms with Gasteiger partial charge in [0, 0.05) is 16.9 Å². The van der Waals surface area contributed by atoms with Gasteiger partial charge in [-0.3, -0.25) is 0 Å². The molecular formula is C18H17ClN2OS. The predicted octanol–water partition coefficient (Wildman–Crippen LogP) is 5.13. The number of ether oxygens (including phenoxy) is 1. The van der Waals surface area contributed by atoms with Crippen molar-refractivity contribution in [2.75, 3.05) is 7.11 Å². The van der Waals surface area contributed by atoms with Crippen LogP contribution in [0.5, 0.6) is 5.75 Å². The highest BCUT2D eigenvalue weighted by atomic mass is 35.5. The Bertz CT molecular complexity index is 848.